The number of likely N-dealkylation sites (N-methyl/N-ethyl adjacent to an activating group) is 1. The van der Waals surface area contributed by atoms with Gasteiger partial charge in [-0.1, -0.05) is 71.5 Å². The molecule has 2 aromatic carbocycles. The maximum atomic E-state index is 13.9. The Hall–Kier alpha value is -3.35. The van der Waals surface area contributed by atoms with Crippen molar-refractivity contribution in [3.63, 3.8) is 0 Å². The van der Waals surface area contributed by atoms with E-state index < -0.39 is 18.4 Å². The topological polar surface area (TPSA) is 127 Å². The first-order valence-corrected chi connectivity index (χ1v) is 18.4. The van der Waals surface area contributed by atoms with E-state index in [2.05, 4.69) is 0 Å². The van der Waals surface area contributed by atoms with Crippen molar-refractivity contribution in [1.82, 2.24) is 19.3 Å². The van der Waals surface area contributed by atoms with Gasteiger partial charge < -0.3 is 34.6 Å². The number of aryl methyl sites for hydroxylation is 1. The number of rotatable bonds is 16. The predicted octanol–water partition coefficient (Wildman–Crippen LogP) is 5.66. The molecule has 0 saturated carbocycles. The minimum atomic E-state index is -1.05. The van der Waals surface area contributed by atoms with Gasteiger partial charge in [-0.3, -0.25) is 14.4 Å². The molecule has 2 amide bonds. The van der Waals surface area contributed by atoms with Gasteiger partial charge in [0, 0.05) is 45.6 Å². The highest BCUT2D eigenvalue weighted by Gasteiger charge is 2.28. The minimum absolute atomic E-state index is 0.0105. The maximum Gasteiger partial charge on any atom is 0.250 e. The van der Waals surface area contributed by atoms with Crippen molar-refractivity contribution in [2.24, 2.45) is 13.0 Å². The van der Waals surface area contributed by atoms with E-state index in [0.29, 0.717) is 68.3 Å². The molecule has 1 aliphatic heterocycles. The second kappa shape index (κ2) is 19.1. The summed E-state index contributed by atoms with van der Waals surface area (Å²) in [7, 11) is 3.30. The Morgan fingerprint density at radius 3 is 2.06 bits per heavy atom. The van der Waals surface area contributed by atoms with E-state index in [1.807, 2.05) is 6.92 Å². The van der Waals surface area contributed by atoms with Crippen LogP contribution in [0.5, 0.6) is 0 Å². The number of pyridine rings is 1. The summed E-state index contributed by atoms with van der Waals surface area (Å²) < 4.78 is 1.37. The Balaban J connectivity index is 1.50. The summed E-state index contributed by atoms with van der Waals surface area (Å²) in [5.41, 5.74) is 2.28. The molecule has 14 heteroatoms. The molecule has 10 nitrogen and oxygen atoms in total. The lowest BCUT2D eigenvalue weighted by molar-refractivity contribution is -0.133. The van der Waals surface area contributed by atoms with Gasteiger partial charge in [-0.2, -0.15) is 0 Å². The third-order valence-electron chi connectivity index (χ3n) is 9.03. The maximum absolute atomic E-state index is 13.9. The molecule has 3 N–H and O–H groups in total. The van der Waals surface area contributed by atoms with Gasteiger partial charge in [0.25, 0.3) is 0 Å². The highest BCUT2D eigenvalue weighted by molar-refractivity contribution is 6.42. The molecule has 0 aliphatic carbocycles. The van der Waals surface area contributed by atoms with Crippen LogP contribution in [0.4, 0.5) is 0 Å². The summed E-state index contributed by atoms with van der Waals surface area (Å²) in [5.74, 6) is -0.512. The summed E-state index contributed by atoms with van der Waals surface area (Å²) in [6.45, 7) is 2.24. The zero-order chi connectivity index (χ0) is 38.1. The Bertz CT molecular complexity index is 1850. The van der Waals surface area contributed by atoms with E-state index in [9.17, 15) is 29.7 Å². The lowest BCUT2D eigenvalue weighted by Gasteiger charge is -2.35. The lowest BCUT2D eigenvalue weighted by Crippen LogP contribution is -2.46. The number of carbonyl (C=O) groups is 2. The molecule has 0 saturated heterocycles. The number of aliphatic hydroxyl groups excluding tert-OH is 3. The molecule has 52 heavy (non-hydrogen) atoms. The Labute approximate surface area is 324 Å². The third kappa shape index (κ3) is 11.3. The summed E-state index contributed by atoms with van der Waals surface area (Å²) in [6.07, 6.45) is 5.89. The number of nitrogens with zero attached hydrogens (tertiary/aromatic N) is 4. The van der Waals surface area contributed by atoms with Crippen molar-refractivity contribution < 1.29 is 24.9 Å². The van der Waals surface area contributed by atoms with E-state index in [0.717, 1.165) is 0 Å². The first kappa shape index (κ1) is 41.4. The van der Waals surface area contributed by atoms with Crippen LogP contribution < -0.4 is 5.56 Å². The van der Waals surface area contributed by atoms with Gasteiger partial charge in [0.05, 0.1) is 58.2 Å². The number of hydrogen-bond acceptors (Lipinski definition) is 7. The predicted molar refractivity (Wildman–Crippen MR) is 206 cm³/mol. The van der Waals surface area contributed by atoms with Crippen LogP contribution in [-0.2, 0) is 29.5 Å². The number of aromatic nitrogens is 1. The SMILES string of the molecule is CC(CCCN(C(=O)Cc1ccc(Cl)c(Cl)c1)C(CO)C1=CN(C)C(O)C=C1)CN(CC(O)c1ccc(=O)n(C)c1)C(=O)Cc1ccc(Cl)c(Cl)c1. The third-order valence-corrected chi connectivity index (χ3v) is 10.5. The Kier molecular flexibility index (Phi) is 15.2. The molecule has 0 radical (unpaired) electrons. The zero-order valence-corrected chi connectivity index (χ0v) is 32.3. The van der Waals surface area contributed by atoms with Crippen LogP contribution in [-0.4, -0.2) is 92.0 Å². The molecule has 4 unspecified atom stereocenters. The fourth-order valence-corrected chi connectivity index (χ4v) is 6.71. The van der Waals surface area contributed by atoms with Gasteiger partial charge in [0.1, 0.15) is 6.23 Å². The number of aliphatic hydroxyl groups is 3. The fraction of sp³-hybridized carbons (Fsp3) is 0.395. The van der Waals surface area contributed by atoms with Crippen molar-refractivity contribution in [2.45, 2.75) is 51.0 Å². The van der Waals surface area contributed by atoms with Gasteiger partial charge in [0.15, 0.2) is 0 Å². The normalized spacial score (nSPS) is 15.9. The summed E-state index contributed by atoms with van der Waals surface area (Å²) in [5, 5.41) is 33.3. The Morgan fingerprint density at radius 2 is 1.50 bits per heavy atom. The molecule has 0 fully saturated rings. The van der Waals surface area contributed by atoms with E-state index >= 15 is 0 Å². The average molecular weight is 795 g/mol. The van der Waals surface area contributed by atoms with Crippen LogP contribution in [0.2, 0.25) is 20.1 Å². The van der Waals surface area contributed by atoms with Gasteiger partial charge in [-0.25, -0.2) is 0 Å². The summed E-state index contributed by atoms with van der Waals surface area (Å²) in [6, 6.07) is 12.3. The molecule has 0 bridgehead atoms. The van der Waals surface area contributed by atoms with Crippen molar-refractivity contribution in [3.05, 3.63) is 126 Å². The summed E-state index contributed by atoms with van der Waals surface area (Å²) in [4.78, 5) is 44.4. The molecule has 4 atom stereocenters. The molecular weight excluding hydrogens is 750 g/mol. The van der Waals surface area contributed by atoms with Crippen LogP contribution in [0.15, 0.2) is 83.4 Å². The highest BCUT2D eigenvalue weighted by atomic mass is 35.5. The van der Waals surface area contributed by atoms with Gasteiger partial charge >= 0.3 is 0 Å². The van der Waals surface area contributed by atoms with Crippen LogP contribution >= 0.6 is 46.4 Å². The standard InChI is InChI=1S/C38H44Cl4N4O6/c1-24(19-45(22-34(48)28-9-13-36(50)44(3)21-28)37(51)17-25-6-10-29(39)31(41)15-25)5-4-14-46(33(23-47)27-8-12-35(49)43(2)20-27)38(52)18-26-7-11-30(40)32(42)16-26/h6-13,15-16,20-21,24,33-35,47-49H,4-5,14,17-19,22-23H2,1-3H3. The largest absolute Gasteiger partial charge is 0.394 e. The van der Waals surface area contributed by atoms with Crippen molar-refractivity contribution in [1.29, 1.82) is 0 Å². The van der Waals surface area contributed by atoms with E-state index in [-0.39, 0.29) is 49.3 Å². The van der Waals surface area contributed by atoms with E-state index in [4.69, 9.17) is 46.4 Å². The second-order valence-electron chi connectivity index (χ2n) is 13.2. The van der Waals surface area contributed by atoms with Crippen LogP contribution in [0.1, 0.15) is 42.6 Å². The Morgan fingerprint density at radius 1 is 0.885 bits per heavy atom. The quantitative estimate of drug-likeness (QED) is 0.171. The molecule has 280 valence electrons. The van der Waals surface area contributed by atoms with E-state index in [1.54, 1.807) is 95.8 Å². The van der Waals surface area contributed by atoms with Crippen molar-refractivity contribution in [3.8, 4) is 0 Å². The molecule has 4 rings (SSSR count). The smallest absolute Gasteiger partial charge is 0.250 e. The van der Waals surface area contributed by atoms with Gasteiger partial charge in [0.2, 0.25) is 17.4 Å². The highest BCUT2D eigenvalue weighted by Crippen LogP contribution is 2.26. The number of hydrogen-bond donors (Lipinski definition) is 3. The lowest BCUT2D eigenvalue weighted by atomic mass is 10.00. The molecule has 3 aromatic rings. The molecule has 0 spiro atoms. The number of carbonyl (C=O) groups excluding carboxylic acids is 2. The average Bonchev–Trinajstić information content (AvgIpc) is 3.09. The molecular formula is C38H44Cl4N4O6. The number of amides is 2. The van der Waals surface area contributed by atoms with Crippen molar-refractivity contribution >= 4 is 58.2 Å². The van der Waals surface area contributed by atoms with Gasteiger partial charge in [-0.15, -0.1) is 0 Å². The number of benzene rings is 2. The molecule has 1 aromatic heterocycles. The first-order valence-electron chi connectivity index (χ1n) is 16.9. The minimum Gasteiger partial charge on any atom is -0.394 e. The molecule has 2 heterocycles. The molecule has 1 aliphatic rings. The van der Waals surface area contributed by atoms with Crippen LogP contribution in [0, 0.1) is 5.92 Å². The van der Waals surface area contributed by atoms with E-state index in [1.165, 1.54) is 10.6 Å². The summed E-state index contributed by atoms with van der Waals surface area (Å²) >= 11 is 24.6. The monoisotopic (exact) mass is 792 g/mol. The first-order chi connectivity index (χ1) is 24.7. The second-order valence-corrected chi connectivity index (χ2v) is 14.8. The fourth-order valence-electron chi connectivity index (χ4n) is 6.07. The van der Waals surface area contributed by atoms with Crippen LogP contribution in [0.25, 0.3) is 0 Å². The zero-order valence-electron chi connectivity index (χ0n) is 29.3. The van der Waals surface area contributed by atoms with Crippen molar-refractivity contribution in [2.75, 3.05) is 33.3 Å². The number of halogens is 4. The van der Waals surface area contributed by atoms with Gasteiger partial charge in [-0.05, 0) is 77.4 Å². The van der Waals surface area contributed by atoms with Crippen LogP contribution in [0.3, 0.4) is 0 Å².